The molecule has 2 aromatic rings. The molecule has 40 heavy (non-hydrogen) atoms. The molecule has 4 rings (SSSR count). The minimum absolute atomic E-state index is 0.0213. The van der Waals surface area contributed by atoms with Gasteiger partial charge in [0, 0.05) is 35.1 Å². The van der Waals surface area contributed by atoms with Crippen LogP contribution in [0, 0.1) is 34.8 Å². The predicted octanol–water partition coefficient (Wildman–Crippen LogP) is 5.28. The molecular weight excluding hydrogens is 586 g/mol. The molecule has 7 nitrogen and oxygen atoms in total. The molecular formula is C26H23Cl2F5N2O5. The molecule has 0 bridgehead atoms. The average molecular weight is 609 g/mol. The first kappa shape index (κ1) is 31.5. The maximum absolute atomic E-state index is 15.4. The van der Waals surface area contributed by atoms with E-state index in [0.717, 1.165) is 25.3 Å². The van der Waals surface area contributed by atoms with Crippen LogP contribution in [0.1, 0.15) is 36.3 Å². The number of aliphatic carboxylic acids is 2. The van der Waals surface area contributed by atoms with Crippen LogP contribution in [0.4, 0.5) is 22.0 Å². The van der Waals surface area contributed by atoms with E-state index in [9.17, 15) is 33.4 Å². The van der Waals surface area contributed by atoms with Crippen molar-refractivity contribution in [2.24, 2.45) is 11.8 Å². The van der Waals surface area contributed by atoms with Crippen molar-refractivity contribution in [1.29, 1.82) is 5.26 Å². The third-order valence-corrected chi connectivity index (χ3v) is 7.98. The minimum Gasteiger partial charge on any atom is -0.480 e. The molecule has 1 saturated carbocycles. The van der Waals surface area contributed by atoms with E-state index in [1.165, 1.54) is 30.3 Å². The SMILES string of the molecule is N#C[C@]1(c2ccc(Cl)cc2F)[C@H](C(CO)C2CCC2)N[C@@H](C(=O)O)[C@@H]1c1cccc(Cl)c1F.O=C(O)C(F)(F)F. The molecule has 0 amide bonds. The molecule has 14 heteroatoms. The maximum Gasteiger partial charge on any atom is 0.490 e. The number of aliphatic hydroxyl groups is 1. The number of nitrogens with one attached hydrogen (secondary N) is 1. The summed E-state index contributed by atoms with van der Waals surface area (Å²) in [6, 6.07) is 7.72. The summed E-state index contributed by atoms with van der Waals surface area (Å²) in [6.07, 6.45) is -2.55. The Morgan fingerprint density at radius 2 is 1.77 bits per heavy atom. The van der Waals surface area contributed by atoms with E-state index in [0.29, 0.717) is 0 Å². The second kappa shape index (κ2) is 12.3. The van der Waals surface area contributed by atoms with Gasteiger partial charge in [-0.3, -0.25) is 10.1 Å². The highest BCUT2D eigenvalue weighted by atomic mass is 35.5. The Morgan fingerprint density at radius 3 is 2.23 bits per heavy atom. The van der Waals surface area contributed by atoms with Crippen LogP contribution in [0.3, 0.4) is 0 Å². The smallest absolute Gasteiger partial charge is 0.480 e. The van der Waals surface area contributed by atoms with Gasteiger partial charge in [-0.2, -0.15) is 18.4 Å². The van der Waals surface area contributed by atoms with Crippen molar-refractivity contribution >= 4 is 35.1 Å². The molecule has 1 aliphatic carbocycles. The van der Waals surface area contributed by atoms with E-state index in [2.05, 4.69) is 11.4 Å². The fourth-order valence-electron chi connectivity index (χ4n) is 5.49. The van der Waals surface area contributed by atoms with Crippen molar-refractivity contribution in [3.63, 3.8) is 0 Å². The monoisotopic (exact) mass is 608 g/mol. The lowest BCUT2D eigenvalue weighted by molar-refractivity contribution is -0.192. The van der Waals surface area contributed by atoms with Crippen molar-refractivity contribution in [2.75, 3.05) is 6.61 Å². The van der Waals surface area contributed by atoms with Crippen molar-refractivity contribution in [2.45, 2.75) is 48.9 Å². The number of carboxylic acid groups (broad SMARTS) is 2. The molecule has 1 unspecified atom stereocenters. The van der Waals surface area contributed by atoms with Gasteiger partial charge in [0.2, 0.25) is 0 Å². The zero-order valence-electron chi connectivity index (χ0n) is 20.4. The number of carboxylic acids is 2. The number of benzene rings is 2. The van der Waals surface area contributed by atoms with Crippen LogP contribution in [-0.4, -0.2) is 52.1 Å². The Bertz CT molecular complexity index is 1320. The third kappa shape index (κ3) is 5.88. The number of nitrogens with zero attached hydrogens (tertiary/aromatic N) is 1. The van der Waals surface area contributed by atoms with Gasteiger partial charge in [-0.1, -0.05) is 60.7 Å². The average Bonchev–Trinajstić information content (AvgIpc) is 3.18. The molecule has 2 aliphatic rings. The fourth-order valence-corrected chi connectivity index (χ4v) is 5.83. The van der Waals surface area contributed by atoms with E-state index in [4.69, 9.17) is 33.1 Å². The van der Waals surface area contributed by atoms with Gasteiger partial charge >= 0.3 is 18.1 Å². The number of nitriles is 1. The van der Waals surface area contributed by atoms with Gasteiger partial charge in [0.1, 0.15) is 23.1 Å². The third-order valence-electron chi connectivity index (χ3n) is 7.45. The largest absolute Gasteiger partial charge is 0.490 e. The lowest BCUT2D eigenvalue weighted by atomic mass is 9.59. The van der Waals surface area contributed by atoms with Crippen LogP contribution in [0.15, 0.2) is 36.4 Å². The first-order valence-corrected chi connectivity index (χ1v) is 12.7. The fraction of sp³-hybridized carbons (Fsp3) is 0.423. The number of carbonyl (C=O) groups is 2. The zero-order valence-corrected chi connectivity index (χ0v) is 21.9. The predicted molar refractivity (Wildman–Crippen MR) is 133 cm³/mol. The molecule has 5 atom stereocenters. The summed E-state index contributed by atoms with van der Waals surface area (Å²) in [5.41, 5.74) is -2.06. The normalized spacial score (nSPS) is 25.2. The number of alkyl halides is 3. The summed E-state index contributed by atoms with van der Waals surface area (Å²) in [5.74, 6) is -7.59. The number of hydrogen-bond acceptors (Lipinski definition) is 5. The van der Waals surface area contributed by atoms with Gasteiger partial charge in [-0.25, -0.2) is 13.6 Å². The quantitative estimate of drug-likeness (QED) is 0.328. The number of aliphatic hydroxyl groups excluding tert-OH is 1. The van der Waals surface area contributed by atoms with Gasteiger partial charge in [-0.15, -0.1) is 0 Å². The van der Waals surface area contributed by atoms with Gasteiger partial charge in [0.05, 0.1) is 11.1 Å². The van der Waals surface area contributed by atoms with Crippen molar-refractivity contribution in [1.82, 2.24) is 5.32 Å². The highest BCUT2D eigenvalue weighted by molar-refractivity contribution is 6.31. The summed E-state index contributed by atoms with van der Waals surface area (Å²) in [5, 5.41) is 40.9. The molecule has 0 radical (unpaired) electrons. The summed E-state index contributed by atoms with van der Waals surface area (Å²) in [7, 11) is 0. The molecule has 2 fully saturated rings. The Hall–Kier alpha value is -2.98. The van der Waals surface area contributed by atoms with Gasteiger partial charge in [-0.05, 0) is 29.7 Å². The van der Waals surface area contributed by atoms with Crippen LogP contribution >= 0.6 is 23.2 Å². The highest BCUT2D eigenvalue weighted by Gasteiger charge is 2.63. The highest BCUT2D eigenvalue weighted by Crippen LogP contribution is 2.54. The molecule has 4 N–H and O–H groups in total. The summed E-state index contributed by atoms with van der Waals surface area (Å²) < 4.78 is 62.4. The topological polar surface area (TPSA) is 131 Å². The van der Waals surface area contributed by atoms with E-state index in [1.54, 1.807) is 0 Å². The van der Waals surface area contributed by atoms with Crippen LogP contribution in [0.5, 0.6) is 0 Å². The standard InChI is InChI=1S/C24H22Cl2F2N2O3.C2HF3O2/c25-13-7-8-16(18(27)9-13)24(11-29)19(14-5-2-6-17(26)20(14)28)21(23(32)33)30-22(24)15(10-31)12-3-1-4-12;3-2(4,5)1(6)7/h2,5-9,12,15,19,21-22,30-31H,1,3-4,10H2,(H,32,33);(H,6,7)/t15?,19-,21+,22-,24+;/m0./s1. The lowest BCUT2D eigenvalue weighted by Gasteiger charge is -2.43. The Morgan fingerprint density at radius 1 is 1.15 bits per heavy atom. The zero-order chi connectivity index (χ0) is 30.0. The molecule has 2 aromatic carbocycles. The maximum atomic E-state index is 15.4. The number of hydrogen-bond donors (Lipinski definition) is 4. The minimum atomic E-state index is -5.08. The van der Waals surface area contributed by atoms with E-state index >= 15 is 8.78 Å². The molecule has 0 spiro atoms. The van der Waals surface area contributed by atoms with Gasteiger partial charge in [0.25, 0.3) is 0 Å². The number of rotatable bonds is 6. The molecule has 216 valence electrons. The second-order valence-corrected chi connectivity index (χ2v) is 10.4. The summed E-state index contributed by atoms with van der Waals surface area (Å²) in [4.78, 5) is 21.3. The summed E-state index contributed by atoms with van der Waals surface area (Å²) >= 11 is 12.0. The Kier molecular flexibility index (Phi) is 9.67. The van der Waals surface area contributed by atoms with Crippen molar-refractivity contribution in [3.05, 3.63) is 69.2 Å². The van der Waals surface area contributed by atoms with Crippen LogP contribution < -0.4 is 5.32 Å². The van der Waals surface area contributed by atoms with E-state index < -0.39 is 59.1 Å². The van der Waals surface area contributed by atoms with Crippen LogP contribution in [0.2, 0.25) is 10.0 Å². The van der Waals surface area contributed by atoms with Crippen LogP contribution in [-0.2, 0) is 15.0 Å². The molecule has 1 aliphatic heterocycles. The first-order chi connectivity index (χ1) is 18.7. The summed E-state index contributed by atoms with van der Waals surface area (Å²) in [6.45, 7) is -0.335. The van der Waals surface area contributed by atoms with Crippen molar-refractivity contribution in [3.8, 4) is 6.07 Å². The molecule has 1 heterocycles. The Balaban J connectivity index is 0.000000559. The van der Waals surface area contributed by atoms with Crippen molar-refractivity contribution < 1.29 is 46.9 Å². The number of halogens is 7. The molecule has 1 saturated heterocycles. The van der Waals surface area contributed by atoms with E-state index in [-0.39, 0.29) is 33.7 Å². The lowest BCUT2D eigenvalue weighted by Crippen LogP contribution is -2.52. The second-order valence-electron chi connectivity index (χ2n) is 9.53. The van der Waals surface area contributed by atoms with Gasteiger partial charge in [0.15, 0.2) is 0 Å². The Labute approximate surface area is 235 Å². The first-order valence-electron chi connectivity index (χ1n) is 11.9. The molecule has 0 aromatic heterocycles. The van der Waals surface area contributed by atoms with E-state index in [1.807, 2.05) is 0 Å². The van der Waals surface area contributed by atoms with Gasteiger partial charge < -0.3 is 15.3 Å². The van der Waals surface area contributed by atoms with Crippen LogP contribution in [0.25, 0.3) is 0 Å².